The normalized spacial score (nSPS) is 23.1. The average Bonchev–Trinajstić information content (AvgIpc) is 2.55. The quantitative estimate of drug-likeness (QED) is 0.294. The van der Waals surface area contributed by atoms with Crippen molar-refractivity contribution in [2.45, 2.75) is 51.2 Å². The Morgan fingerprint density at radius 1 is 1.29 bits per heavy atom. The second-order valence-corrected chi connectivity index (χ2v) is 8.96. The van der Waals surface area contributed by atoms with Crippen molar-refractivity contribution >= 4 is 30.2 Å². The molecule has 5 heteroatoms. The van der Waals surface area contributed by atoms with Crippen LogP contribution in [0.1, 0.15) is 46.0 Å². The van der Waals surface area contributed by atoms with E-state index in [4.69, 9.17) is 9.47 Å². The molecular weight excluding hydrogens is 340 g/mol. The number of thioether (sulfide) groups is 1. The Morgan fingerprint density at radius 2 is 2.00 bits per heavy atom. The Balaban J connectivity index is 2.32. The van der Waals surface area contributed by atoms with Crippen molar-refractivity contribution in [2.24, 2.45) is 11.3 Å². The number of carbonyl (C=O) groups is 1. The predicted molar refractivity (Wildman–Crippen MR) is 107 cm³/mol. The minimum absolute atomic E-state index is 0.192. The molecule has 0 heterocycles. The van der Waals surface area contributed by atoms with Gasteiger partial charge >= 0.3 is 0 Å². The number of ketones is 1. The molecule has 1 saturated carbocycles. The van der Waals surface area contributed by atoms with Crippen molar-refractivity contribution in [1.29, 1.82) is 0 Å². The molecule has 0 saturated heterocycles. The van der Waals surface area contributed by atoms with Gasteiger partial charge in [0.2, 0.25) is 0 Å². The Hall–Kier alpha value is 0.0300. The highest BCUT2D eigenvalue weighted by atomic mass is 32.2. The topological polar surface area (TPSA) is 35.5 Å². The van der Waals surface area contributed by atoms with Crippen molar-refractivity contribution < 1.29 is 14.3 Å². The van der Waals surface area contributed by atoms with Crippen molar-refractivity contribution in [1.82, 2.24) is 0 Å². The molecule has 3 nitrogen and oxygen atoms in total. The van der Waals surface area contributed by atoms with E-state index in [1.54, 1.807) is 0 Å². The van der Waals surface area contributed by atoms with Gasteiger partial charge in [0.1, 0.15) is 5.78 Å². The summed E-state index contributed by atoms with van der Waals surface area (Å²) in [4.78, 5) is 12.6. The molecular formula is C19H34O3S2. The summed E-state index contributed by atoms with van der Waals surface area (Å²) in [5.74, 6) is 2.30. The van der Waals surface area contributed by atoms with E-state index >= 15 is 0 Å². The van der Waals surface area contributed by atoms with Gasteiger partial charge in [-0.3, -0.25) is 4.79 Å². The van der Waals surface area contributed by atoms with E-state index < -0.39 is 0 Å². The van der Waals surface area contributed by atoms with Crippen LogP contribution < -0.4 is 0 Å². The maximum absolute atomic E-state index is 12.6. The highest BCUT2D eigenvalue weighted by Crippen LogP contribution is 2.44. The second-order valence-electron chi connectivity index (χ2n) is 7.16. The van der Waals surface area contributed by atoms with Crippen LogP contribution in [0.4, 0.5) is 0 Å². The van der Waals surface area contributed by atoms with Gasteiger partial charge < -0.3 is 9.47 Å². The van der Waals surface area contributed by atoms with Crippen LogP contribution in [0.5, 0.6) is 0 Å². The Kier molecular flexibility index (Phi) is 11.4. The van der Waals surface area contributed by atoms with E-state index in [-0.39, 0.29) is 11.3 Å². The maximum Gasteiger partial charge on any atom is 0.137 e. The van der Waals surface area contributed by atoms with Crippen molar-refractivity contribution in [3.05, 3.63) is 12.7 Å². The first-order chi connectivity index (χ1) is 11.5. The Morgan fingerprint density at radius 3 is 2.67 bits per heavy atom. The van der Waals surface area contributed by atoms with Gasteiger partial charge in [-0.15, -0.1) is 6.58 Å². The van der Waals surface area contributed by atoms with Crippen LogP contribution in [0, 0.1) is 11.3 Å². The summed E-state index contributed by atoms with van der Waals surface area (Å²) in [6.07, 6.45) is 6.63. The van der Waals surface area contributed by atoms with E-state index in [0.717, 1.165) is 37.4 Å². The molecule has 0 amide bonds. The monoisotopic (exact) mass is 374 g/mol. The Labute approximate surface area is 157 Å². The molecule has 140 valence electrons. The minimum atomic E-state index is 0.192. The largest absolute Gasteiger partial charge is 0.378 e. The molecule has 0 N–H and O–H groups in total. The summed E-state index contributed by atoms with van der Waals surface area (Å²) in [6.45, 7) is 11.0. The first-order valence-electron chi connectivity index (χ1n) is 9.02. The number of ether oxygens (including phenoxy) is 2. The van der Waals surface area contributed by atoms with Gasteiger partial charge in [0.15, 0.2) is 0 Å². The molecule has 0 bridgehead atoms. The maximum atomic E-state index is 12.6. The van der Waals surface area contributed by atoms with Gasteiger partial charge in [-0.25, -0.2) is 0 Å². The van der Waals surface area contributed by atoms with Crippen molar-refractivity contribution in [3.8, 4) is 0 Å². The van der Waals surface area contributed by atoms with E-state index in [1.165, 1.54) is 6.42 Å². The molecule has 0 aromatic heterocycles. The third-order valence-electron chi connectivity index (χ3n) is 4.50. The standard InChI is InChI=1S/C19H34O3S2/c1-4-5-6-17(20)16-15-19(2,3)8-7-18(16)24-14-12-22-10-9-21-11-13-23/h4,16,18,23H,1,5-15H2,2-3H3. The molecule has 1 fully saturated rings. The van der Waals surface area contributed by atoms with Gasteiger partial charge in [-0.05, 0) is 31.1 Å². The van der Waals surface area contributed by atoms with Crippen LogP contribution in [0.3, 0.4) is 0 Å². The number of hydrogen-bond donors (Lipinski definition) is 1. The summed E-state index contributed by atoms with van der Waals surface area (Å²) in [7, 11) is 0. The molecule has 1 aliphatic rings. The smallest absolute Gasteiger partial charge is 0.137 e. The van der Waals surface area contributed by atoms with Crippen LogP contribution in [0.2, 0.25) is 0 Å². The third kappa shape index (κ3) is 8.93. The lowest BCUT2D eigenvalue weighted by molar-refractivity contribution is -0.124. The highest BCUT2D eigenvalue weighted by molar-refractivity contribution is 7.99. The molecule has 0 radical (unpaired) electrons. The van der Waals surface area contributed by atoms with Gasteiger partial charge in [0, 0.05) is 29.1 Å². The number of hydrogen-bond acceptors (Lipinski definition) is 5. The lowest BCUT2D eigenvalue weighted by Gasteiger charge is -2.40. The van der Waals surface area contributed by atoms with Crippen LogP contribution in [-0.4, -0.2) is 49.0 Å². The number of allylic oxidation sites excluding steroid dienone is 1. The summed E-state index contributed by atoms with van der Waals surface area (Å²) >= 11 is 6.01. The highest BCUT2D eigenvalue weighted by Gasteiger charge is 2.38. The van der Waals surface area contributed by atoms with Crippen LogP contribution in [0.15, 0.2) is 12.7 Å². The summed E-state index contributed by atoms with van der Waals surface area (Å²) in [6, 6.07) is 0. The molecule has 2 atom stereocenters. The third-order valence-corrected chi connectivity index (χ3v) is 6.08. The van der Waals surface area contributed by atoms with Crippen molar-refractivity contribution in [3.63, 3.8) is 0 Å². The number of thiol groups is 1. The number of rotatable bonds is 13. The van der Waals surface area contributed by atoms with Crippen molar-refractivity contribution in [2.75, 3.05) is 37.9 Å². The first kappa shape index (κ1) is 22.1. The zero-order valence-electron chi connectivity index (χ0n) is 15.3. The molecule has 0 aromatic carbocycles. The van der Waals surface area contributed by atoms with Gasteiger partial charge in [0.25, 0.3) is 0 Å². The number of carbonyl (C=O) groups excluding carboxylic acids is 1. The summed E-state index contributed by atoms with van der Waals surface area (Å²) in [5, 5.41) is 0.444. The zero-order valence-corrected chi connectivity index (χ0v) is 17.0. The lowest BCUT2D eigenvalue weighted by atomic mass is 9.70. The fourth-order valence-corrected chi connectivity index (χ4v) is 4.57. The van der Waals surface area contributed by atoms with E-state index in [9.17, 15) is 4.79 Å². The fraction of sp³-hybridized carbons (Fsp3) is 0.842. The average molecular weight is 375 g/mol. The first-order valence-corrected chi connectivity index (χ1v) is 10.7. The fourth-order valence-electron chi connectivity index (χ4n) is 3.16. The van der Waals surface area contributed by atoms with Crippen LogP contribution in [-0.2, 0) is 14.3 Å². The zero-order chi connectivity index (χ0) is 17.8. The molecule has 0 aromatic rings. The molecule has 24 heavy (non-hydrogen) atoms. The molecule has 1 aliphatic carbocycles. The Bertz CT molecular complexity index is 372. The molecule has 2 unspecified atom stereocenters. The SMILES string of the molecule is C=CCCC(=O)C1CC(C)(C)CCC1SCCOCCOCCS. The summed E-state index contributed by atoms with van der Waals surface area (Å²) < 4.78 is 10.9. The van der Waals surface area contributed by atoms with Gasteiger partial charge in [-0.2, -0.15) is 24.4 Å². The predicted octanol–water partition coefficient (Wildman–Crippen LogP) is 4.41. The summed E-state index contributed by atoms with van der Waals surface area (Å²) in [5.41, 5.74) is 0.284. The lowest BCUT2D eigenvalue weighted by Crippen LogP contribution is -2.37. The molecule has 0 aliphatic heterocycles. The van der Waals surface area contributed by atoms with Gasteiger partial charge in [0.05, 0.1) is 26.4 Å². The van der Waals surface area contributed by atoms with E-state index in [1.807, 2.05) is 17.8 Å². The van der Waals surface area contributed by atoms with E-state index in [2.05, 4.69) is 33.1 Å². The minimum Gasteiger partial charge on any atom is -0.378 e. The number of Topliss-reactive ketones (excluding diaryl/α,β-unsaturated/α-hetero) is 1. The molecule has 1 rings (SSSR count). The molecule has 0 spiro atoms. The van der Waals surface area contributed by atoms with E-state index in [0.29, 0.717) is 37.3 Å². The van der Waals surface area contributed by atoms with Gasteiger partial charge in [-0.1, -0.05) is 19.9 Å². The second kappa shape index (κ2) is 12.4. The van der Waals surface area contributed by atoms with Crippen LogP contribution in [0.25, 0.3) is 0 Å². The van der Waals surface area contributed by atoms with Crippen LogP contribution >= 0.6 is 24.4 Å².